The van der Waals surface area contributed by atoms with E-state index in [4.69, 9.17) is 4.74 Å². The lowest BCUT2D eigenvalue weighted by Crippen LogP contribution is -2.47. The fourth-order valence-corrected chi connectivity index (χ4v) is 3.69. The van der Waals surface area contributed by atoms with Gasteiger partial charge in [0.15, 0.2) is 11.5 Å². The van der Waals surface area contributed by atoms with Crippen LogP contribution in [0.3, 0.4) is 0 Å². The molecule has 1 atom stereocenters. The quantitative estimate of drug-likeness (QED) is 0.865. The number of alkyl halides is 2. The van der Waals surface area contributed by atoms with E-state index in [2.05, 4.69) is 15.0 Å². The number of ether oxygens (including phenoxy) is 2. The largest absolute Gasteiger partial charge is 0.586 e. The van der Waals surface area contributed by atoms with Crippen LogP contribution in [-0.2, 0) is 0 Å². The summed E-state index contributed by atoms with van der Waals surface area (Å²) in [6, 6.07) is 5.39. The topological polar surface area (TPSA) is 33.7 Å². The van der Waals surface area contributed by atoms with Gasteiger partial charge in [-0.1, -0.05) is 18.6 Å². The fraction of sp³-hybridized carbons (Fsp3) is 0.625. The molecule has 1 N–H and O–H groups in total. The molecular weight excluding hydrogens is 361 g/mol. The smallest absolute Gasteiger partial charge is 0.395 e. The van der Waals surface area contributed by atoms with E-state index in [1.54, 1.807) is 12.1 Å². The van der Waals surface area contributed by atoms with Crippen molar-refractivity contribution < 1.29 is 18.3 Å². The SMILES string of the molecule is Cl.Cl.FC1(F)Oc2cccc([C@H](C3CCC3)N3CCNCC3)c2O1. The minimum absolute atomic E-state index is 0. The third-order valence-electron chi connectivity index (χ3n) is 4.92. The van der Waals surface area contributed by atoms with E-state index < -0.39 is 6.29 Å². The Morgan fingerprint density at radius 2 is 1.83 bits per heavy atom. The number of nitrogens with zero attached hydrogens (tertiary/aromatic N) is 1. The Hall–Kier alpha value is -0.820. The predicted octanol–water partition coefficient (Wildman–Crippen LogP) is 3.60. The highest BCUT2D eigenvalue weighted by atomic mass is 35.5. The minimum Gasteiger partial charge on any atom is -0.395 e. The Balaban J connectivity index is 0.00000104. The molecule has 1 aromatic carbocycles. The lowest BCUT2D eigenvalue weighted by atomic mass is 9.76. The molecule has 0 radical (unpaired) electrons. The van der Waals surface area contributed by atoms with Gasteiger partial charge in [0.05, 0.1) is 0 Å². The fourth-order valence-electron chi connectivity index (χ4n) is 3.69. The monoisotopic (exact) mass is 382 g/mol. The highest BCUT2D eigenvalue weighted by Crippen LogP contribution is 2.50. The summed E-state index contributed by atoms with van der Waals surface area (Å²) in [7, 11) is 0. The molecule has 0 amide bonds. The molecule has 1 saturated heterocycles. The first-order chi connectivity index (χ1) is 10.6. The number of para-hydroxylation sites is 1. The van der Waals surface area contributed by atoms with Crippen LogP contribution in [0.2, 0.25) is 0 Å². The van der Waals surface area contributed by atoms with E-state index in [0.29, 0.717) is 5.92 Å². The van der Waals surface area contributed by atoms with E-state index in [1.165, 1.54) is 6.42 Å². The number of benzene rings is 1. The summed E-state index contributed by atoms with van der Waals surface area (Å²) in [5.74, 6) is 0.896. The molecule has 4 rings (SSSR count). The number of rotatable bonds is 3. The van der Waals surface area contributed by atoms with Gasteiger partial charge < -0.3 is 14.8 Å². The Morgan fingerprint density at radius 3 is 2.46 bits per heavy atom. The molecule has 1 saturated carbocycles. The summed E-state index contributed by atoms with van der Waals surface area (Å²) in [6.07, 6.45) is -0.0348. The van der Waals surface area contributed by atoms with Crippen molar-refractivity contribution in [1.82, 2.24) is 10.2 Å². The second-order valence-corrected chi connectivity index (χ2v) is 6.26. The summed E-state index contributed by atoms with van der Waals surface area (Å²) in [4.78, 5) is 2.40. The zero-order valence-corrected chi connectivity index (χ0v) is 14.8. The van der Waals surface area contributed by atoms with Crippen molar-refractivity contribution in [3.8, 4) is 11.5 Å². The van der Waals surface area contributed by atoms with Crippen molar-refractivity contribution in [2.45, 2.75) is 31.6 Å². The average Bonchev–Trinajstić information content (AvgIpc) is 2.77. The van der Waals surface area contributed by atoms with Crippen LogP contribution < -0.4 is 14.8 Å². The van der Waals surface area contributed by atoms with Crippen LogP contribution in [0, 0.1) is 5.92 Å². The van der Waals surface area contributed by atoms with Gasteiger partial charge in [-0.25, -0.2) is 0 Å². The van der Waals surface area contributed by atoms with Crippen molar-refractivity contribution in [2.75, 3.05) is 26.2 Å². The van der Waals surface area contributed by atoms with Gasteiger partial charge in [0.1, 0.15) is 0 Å². The van der Waals surface area contributed by atoms with Crippen LogP contribution in [0.15, 0.2) is 18.2 Å². The third-order valence-corrected chi connectivity index (χ3v) is 4.92. The number of piperazine rings is 1. The van der Waals surface area contributed by atoms with Crippen LogP contribution >= 0.6 is 24.8 Å². The molecule has 0 unspecified atom stereocenters. The van der Waals surface area contributed by atoms with Gasteiger partial charge in [-0.3, -0.25) is 4.90 Å². The lowest BCUT2D eigenvalue weighted by molar-refractivity contribution is -0.287. The molecule has 0 aromatic heterocycles. The van der Waals surface area contributed by atoms with Crippen molar-refractivity contribution in [3.05, 3.63) is 23.8 Å². The maximum Gasteiger partial charge on any atom is 0.586 e. The Labute approximate surface area is 152 Å². The molecular formula is C16H22Cl2F2N2O2. The molecule has 0 bridgehead atoms. The number of hydrogen-bond donors (Lipinski definition) is 1. The summed E-state index contributed by atoms with van der Waals surface area (Å²) in [6.45, 7) is 3.74. The van der Waals surface area contributed by atoms with Crippen LogP contribution in [0.5, 0.6) is 11.5 Å². The van der Waals surface area contributed by atoms with E-state index >= 15 is 0 Å². The van der Waals surface area contributed by atoms with E-state index in [1.807, 2.05) is 6.07 Å². The Kier molecular flexibility index (Phi) is 6.18. The molecule has 3 aliphatic rings. The zero-order valence-electron chi connectivity index (χ0n) is 13.2. The van der Waals surface area contributed by atoms with Gasteiger partial charge in [0.25, 0.3) is 0 Å². The normalized spacial score (nSPS) is 23.6. The van der Waals surface area contributed by atoms with Gasteiger partial charge in [-0.15, -0.1) is 33.6 Å². The van der Waals surface area contributed by atoms with Crippen LogP contribution in [0.25, 0.3) is 0 Å². The van der Waals surface area contributed by atoms with Gasteiger partial charge in [0.2, 0.25) is 0 Å². The lowest BCUT2D eigenvalue weighted by Gasteiger charge is -2.43. The molecule has 2 fully saturated rings. The Morgan fingerprint density at radius 1 is 1.12 bits per heavy atom. The minimum atomic E-state index is -3.55. The number of halogens is 4. The molecule has 1 aliphatic carbocycles. The highest BCUT2D eigenvalue weighted by Gasteiger charge is 2.46. The molecule has 4 nitrogen and oxygen atoms in total. The van der Waals surface area contributed by atoms with E-state index in [-0.39, 0.29) is 42.4 Å². The van der Waals surface area contributed by atoms with Gasteiger partial charge in [-0.2, -0.15) is 0 Å². The summed E-state index contributed by atoms with van der Waals surface area (Å²) < 4.78 is 36.3. The molecule has 2 aliphatic heterocycles. The maximum absolute atomic E-state index is 13.5. The zero-order chi connectivity index (χ0) is 15.2. The van der Waals surface area contributed by atoms with E-state index in [0.717, 1.165) is 44.6 Å². The predicted molar refractivity (Wildman–Crippen MR) is 91.7 cm³/mol. The highest BCUT2D eigenvalue weighted by molar-refractivity contribution is 5.85. The first kappa shape index (κ1) is 19.5. The first-order valence-electron chi connectivity index (χ1n) is 7.97. The van der Waals surface area contributed by atoms with Crippen molar-refractivity contribution >= 4 is 24.8 Å². The molecule has 2 heterocycles. The molecule has 8 heteroatoms. The van der Waals surface area contributed by atoms with Crippen molar-refractivity contribution in [1.29, 1.82) is 0 Å². The molecule has 0 spiro atoms. The maximum atomic E-state index is 13.5. The second-order valence-electron chi connectivity index (χ2n) is 6.26. The summed E-state index contributed by atoms with van der Waals surface area (Å²) >= 11 is 0. The van der Waals surface area contributed by atoms with Crippen LogP contribution in [0.4, 0.5) is 8.78 Å². The summed E-state index contributed by atoms with van der Waals surface area (Å²) in [5, 5.41) is 3.34. The number of nitrogens with one attached hydrogen (secondary N) is 1. The van der Waals surface area contributed by atoms with Gasteiger partial charge in [-0.05, 0) is 24.8 Å². The van der Waals surface area contributed by atoms with Crippen molar-refractivity contribution in [2.24, 2.45) is 5.92 Å². The first-order valence-corrected chi connectivity index (χ1v) is 7.97. The second kappa shape index (κ2) is 7.60. The molecule has 136 valence electrons. The standard InChI is InChI=1S/C16H20F2N2O2.2ClH/c17-16(18)21-13-6-2-5-12(15(13)22-16)14(11-3-1-4-11)20-9-7-19-8-10-20;;/h2,5-6,11,14,19H,1,3-4,7-10H2;2*1H/t14-;;/m0../s1. The van der Waals surface area contributed by atoms with Crippen molar-refractivity contribution in [3.63, 3.8) is 0 Å². The third kappa shape index (κ3) is 3.57. The number of fused-ring (bicyclic) bond motifs is 1. The van der Waals surface area contributed by atoms with Crippen LogP contribution in [-0.4, -0.2) is 37.4 Å². The van der Waals surface area contributed by atoms with E-state index in [9.17, 15) is 8.78 Å². The van der Waals surface area contributed by atoms with Gasteiger partial charge in [0, 0.05) is 37.8 Å². The van der Waals surface area contributed by atoms with Gasteiger partial charge >= 0.3 is 6.29 Å². The number of hydrogen-bond acceptors (Lipinski definition) is 4. The molecule has 1 aromatic rings. The summed E-state index contributed by atoms with van der Waals surface area (Å²) in [5.41, 5.74) is 0.848. The Bertz CT molecular complexity index is 567. The average molecular weight is 383 g/mol. The van der Waals surface area contributed by atoms with Crippen LogP contribution in [0.1, 0.15) is 30.9 Å². The molecule has 24 heavy (non-hydrogen) atoms.